The van der Waals surface area contributed by atoms with Crippen molar-refractivity contribution in [3.63, 3.8) is 0 Å². The van der Waals surface area contributed by atoms with Gasteiger partial charge in [0.05, 0.1) is 5.69 Å². The standard InChI is InChI=1S/C57H50B2N2OS/c1-36(2)39-30-44(37(3)4)56(45(31-39)38(5)6)59-47-27-17-19-29-54(47)63-55-35-52-48(34-49(55)59)58-46-26-16-18-28-50(46)61(42-24-14-9-15-25-42)51-32-43(33-53(62-52)57(51)58)60(40-20-10-7-11-21-40)41-22-12-8-13-23-41/h7-38H,1-6H3. The van der Waals surface area contributed by atoms with Gasteiger partial charge in [-0.3, -0.25) is 0 Å². The molecule has 0 amide bonds. The van der Waals surface area contributed by atoms with Gasteiger partial charge in [0.15, 0.2) is 0 Å². The highest BCUT2D eigenvalue weighted by Gasteiger charge is 2.45. The Hall–Kier alpha value is -6.36. The summed E-state index contributed by atoms with van der Waals surface area (Å²) in [6, 6.07) is 64.9. The van der Waals surface area contributed by atoms with E-state index in [-0.39, 0.29) is 13.4 Å². The first-order valence-electron chi connectivity index (χ1n) is 22.6. The number of rotatable bonds is 8. The van der Waals surface area contributed by atoms with Crippen molar-refractivity contribution in [3.05, 3.63) is 193 Å². The first kappa shape index (κ1) is 39.5. The fraction of sp³-hybridized carbons (Fsp3) is 0.158. The zero-order chi connectivity index (χ0) is 42.9. The van der Waals surface area contributed by atoms with Gasteiger partial charge in [-0.2, -0.15) is 0 Å². The van der Waals surface area contributed by atoms with Crippen molar-refractivity contribution in [2.45, 2.75) is 69.1 Å². The highest BCUT2D eigenvalue weighted by atomic mass is 32.2. The van der Waals surface area contributed by atoms with E-state index in [9.17, 15) is 0 Å². The zero-order valence-corrected chi connectivity index (χ0v) is 37.7. The zero-order valence-electron chi connectivity index (χ0n) is 36.8. The highest BCUT2D eigenvalue weighted by Crippen LogP contribution is 2.46. The molecule has 0 saturated heterocycles. The van der Waals surface area contributed by atoms with E-state index in [1.165, 1.54) is 64.9 Å². The molecule has 0 aromatic heterocycles. The Bertz CT molecular complexity index is 2960. The number of benzene rings is 8. The van der Waals surface area contributed by atoms with E-state index in [1.54, 1.807) is 0 Å². The van der Waals surface area contributed by atoms with Gasteiger partial charge >= 0.3 is 0 Å². The fourth-order valence-corrected chi connectivity index (χ4v) is 11.5. The van der Waals surface area contributed by atoms with Gasteiger partial charge in [0.25, 0.3) is 6.71 Å². The van der Waals surface area contributed by atoms with Crippen molar-refractivity contribution in [2.75, 3.05) is 9.80 Å². The third-order valence-electron chi connectivity index (χ3n) is 13.3. The molecule has 3 nitrogen and oxygen atoms in total. The van der Waals surface area contributed by atoms with Crippen molar-refractivity contribution in [1.29, 1.82) is 0 Å². The number of anilines is 6. The number of hydrogen-bond acceptors (Lipinski definition) is 4. The lowest BCUT2D eigenvalue weighted by Gasteiger charge is -2.41. The summed E-state index contributed by atoms with van der Waals surface area (Å²) in [4.78, 5) is 7.38. The topological polar surface area (TPSA) is 15.7 Å². The summed E-state index contributed by atoms with van der Waals surface area (Å²) < 4.78 is 7.38. The molecule has 0 N–H and O–H groups in total. The third kappa shape index (κ3) is 6.61. The number of nitrogens with zero attached hydrogens (tertiary/aromatic N) is 2. The maximum absolute atomic E-state index is 7.38. The molecule has 11 rings (SSSR count). The Morgan fingerprint density at radius 2 is 1.02 bits per heavy atom. The Balaban J connectivity index is 1.18. The lowest BCUT2D eigenvalue weighted by Crippen LogP contribution is -2.62. The van der Waals surface area contributed by atoms with Crippen LogP contribution in [-0.4, -0.2) is 13.4 Å². The summed E-state index contributed by atoms with van der Waals surface area (Å²) in [6.45, 7) is 14.2. The molecule has 306 valence electrons. The van der Waals surface area contributed by atoms with Crippen LogP contribution in [0, 0.1) is 0 Å². The smallest absolute Gasteiger partial charge is 0.256 e. The van der Waals surface area contributed by atoms with Gasteiger partial charge in [-0.05, 0) is 111 Å². The van der Waals surface area contributed by atoms with Gasteiger partial charge in [0.1, 0.15) is 11.5 Å². The van der Waals surface area contributed by atoms with E-state index in [0.717, 1.165) is 39.9 Å². The lowest BCUT2D eigenvalue weighted by atomic mass is 9.31. The van der Waals surface area contributed by atoms with Gasteiger partial charge in [-0.1, -0.05) is 179 Å². The van der Waals surface area contributed by atoms with Crippen molar-refractivity contribution in [1.82, 2.24) is 0 Å². The van der Waals surface area contributed by atoms with Crippen molar-refractivity contribution in [2.24, 2.45) is 0 Å². The summed E-state index contributed by atoms with van der Waals surface area (Å²) in [5.74, 6) is 3.00. The third-order valence-corrected chi connectivity index (χ3v) is 14.5. The molecule has 8 aromatic rings. The van der Waals surface area contributed by atoms with Gasteiger partial charge in [-0.25, -0.2) is 0 Å². The molecule has 3 aliphatic rings. The predicted molar refractivity (Wildman–Crippen MR) is 271 cm³/mol. The average molecular weight is 833 g/mol. The number of hydrogen-bond donors (Lipinski definition) is 0. The van der Waals surface area contributed by atoms with Gasteiger partial charge < -0.3 is 14.5 Å². The van der Waals surface area contributed by atoms with E-state index in [0.29, 0.717) is 17.8 Å². The van der Waals surface area contributed by atoms with Gasteiger partial charge in [-0.15, -0.1) is 0 Å². The molecule has 0 radical (unpaired) electrons. The minimum Gasteiger partial charge on any atom is -0.458 e. The molecule has 63 heavy (non-hydrogen) atoms. The summed E-state index contributed by atoms with van der Waals surface area (Å²) in [5, 5.41) is 0. The lowest BCUT2D eigenvalue weighted by molar-refractivity contribution is 0.486. The van der Waals surface area contributed by atoms with E-state index < -0.39 is 0 Å². The van der Waals surface area contributed by atoms with Gasteiger partial charge in [0, 0.05) is 44.3 Å². The highest BCUT2D eigenvalue weighted by molar-refractivity contribution is 8.00. The molecular weight excluding hydrogens is 782 g/mol. The molecule has 0 bridgehead atoms. The number of ether oxygens (including phenoxy) is 1. The second-order valence-electron chi connectivity index (χ2n) is 18.2. The Labute approximate surface area is 377 Å². The minimum atomic E-state index is -0.0450. The van der Waals surface area contributed by atoms with Crippen molar-refractivity contribution >= 4 is 92.1 Å². The second kappa shape index (κ2) is 15.8. The van der Waals surface area contributed by atoms with Crippen LogP contribution in [0.25, 0.3) is 0 Å². The minimum absolute atomic E-state index is 0.0450. The van der Waals surface area contributed by atoms with Crippen LogP contribution in [0.4, 0.5) is 34.1 Å². The predicted octanol–water partition coefficient (Wildman–Crippen LogP) is 11.9. The van der Waals surface area contributed by atoms with Crippen LogP contribution in [0.5, 0.6) is 11.5 Å². The molecule has 0 spiro atoms. The van der Waals surface area contributed by atoms with Crippen LogP contribution in [0.3, 0.4) is 0 Å². The van der Waals surface area contributed by atoms with E-state index in [1.807, 2.05) is 11.8 Å². The van der Waals surface area contributed by atoms with Crippen LogP contribution in [0.1, 0.15) is 76.0 Å². The largest absolute Gasteiger partial charge is 0.458 e. The molecule has 0 atom stereocenters. The maximum atomic E-state index is 7.38. The monoisotopic (exact) mass is 832 g/mol. The second-order valence-corrected chi connectivity index (χ2v) is 19.3. The average Bonchev–Trinajstić information content (AvgIpc) is 3.30. The van der Waals surface area contributed by atoms with Crippen LogP contribution in [0.2, 0.25) is 0 Å². The molecule has 3 heterocycles. The molecule has 0 fully saturated rings. The van der Waals surface area contributed by atoms with Crippen LogP contribution in [-0.2, 0) is 0 Å². The van der Waals surface area contributed by atoms with E-state index in [4.69, 9.17) is 4.74 Å². The fourth-order valence-electron chi connectivity index (χ4n) is 10.4. The Morgan fingerprint density at radius 1 is 0.444 bits per heavy atom. The summed E-state index contributed by atoms with van der Waals surface area (Å²) >= 11 is 1.89. The maximum Gasteiger partial charge on any atom is 0.256 e. The molecular formula is C57H50B2N2OS. The summed E-state index contributed by atoms with van der Waals surface area (Å²) in [7, 11) is 0. The van der Waals surface area contributed by atoms with Crippen molar-refractivity contribution in [3.8, 4) is 11.5 Å². The molecule has 0 unspecified atom stereocenters. The van der Waals surface area contributed by atoms with E-state index >= 15 is 0 Å². The molecule has 0 saturated carbocycles. The van der Waals surface area contributed by atoms with Crippen LogP contribution >= 0.6 is 11.8 Å². The molecule has 0 aliphatic carbocycles. The molecule has 3 aliphatic heterocycles. The molecule has 8 aromatic carbocycles. The number of para-hydroxylation sites is 4. The van der Waals surface area contributed by atoms with Crippen LogP contribution < -0.4 is 47.3 Å². The Morgan fingerprint density at radius 3 is 1.65 bits per heavy atom. The first-order chi connectivity index (χ1) is 30.7. The van der Waals surface area contributed by atoms with Gasteiger partial charge in [0.2, 0.25) is 6.71 Å². The van der Waals surface area contributed by atoms with Crippen molar-refractivity contribution < 1.29 is 4.74 Å². The quantitative estimate of drug-likeness (QED) is 0.142. The van der Waals surface area contributed by atoms with Crippen LogP contribution in [0.15, 0.2) is 186 Å². The SMILES string of the molecule is CC(C)c1cc(C(C)C)c(B2c3ccccc3Sc3cc4c(cc32)B2c3ccccc3N(c3ccccc3)c3cc(N(c5ccccc5)c5ccccc5)cc(c32)O4)c(C(C)C)c1. The first-order valence-corrected chi connectivity index (χ1v) is 23.4. The summed E-state index contributed by atoms with van der Waals surface area (Å²) in [6.07, 6.45) is 0. The molecule has 6 heteroatoms. The normalized spacial score (nSPS) is 13.3. The van der Waals surface area contributed by atoms with E-state index in [2.05, 4.69) is 227 Å². The number of fused-ring (bicyclic) bond motifs is 6. The summed E-state index contributed by atoms with van der Waals surface area (Å²) in [5.41, 5.74) is 18.9. The Kier molecular flexibility index (Phi) is 9.88.